The Morgan fingerprint density at radius 2 is 1.96 bits per heavy atom. The summed E-state index contributed by atoms with van der Waals surface area (Å²) < 4.78 is 5.70. The summed E-state index contributed by atoms with van der Waals surface area (Å²) in [6, 6.07) is 9.62. The van der Waals surface area contributed by atoms with Gasteiger partial charge in [0.15, 0.2) is 0 Å². The third-order valence-corrected chi connectivity index (χ3v) is 4.51. The van der Waals surface area contributed by atoms with E-state index in [1.54, 1.807) is 6.92 Å². The van der Waals surface area contributed by atoms with E-state index < -0.39 is 0 Å². The van der Waals surface area contributed by atoms with Crippen molar-refractivity contribution < 1.29 is 9.21 Å². The number of piperidine rings is 1. The third-order valence-electron chi connectivity index (χ3n) is 4.51. The van der Waals surface area contributed by atoms with Crippen molar-refractivity contribution in [1.82, 2.24) is 15.6 Å². The van der Waals surface area contributed by atoms with E-state index in [0.717, 1.165) is 31.5 Å². The molecule has 1 amide bonds. The number of oxazole rings is 1. The van der Waals surface area contributed by atoms with E-state index >= 15 is 0 Å². The van der Waals surface area contributed by atoms with Gasteiger partial charge in [-0.25, -0.2) is 4.98 Å². The average Bonchev–Trinajstić information content (AvgIpc) is 2.96. The van der Waals surface area contributed by atoms with Crippen molar-refractivity contribution in [3.05, 3.63) is 41.8 Å². The minimum Gasteiger partial charge on any atom is -0.431 e. The number of hydrogen-bond acceptors (Lipinski definition) is 4. The SMILES string of the molecule is Cc1nc(-c2ccccc2)oc1C(=O)NCC1(C)CCNCC1.Cl. The van der Waals surface area contributed by atoms with E-state index in [0.29, 0.717) is 23.9 Å². The van der Waals surface area contributed by atoms with Gasteiger partial charge in [-0.3, -0.25) is 4.79 Å². The molecule has 2 N–H and O–H groups in total. The maximum absolute atomic E-state index is 12.4. The highest BCUT2D eigenvalue weighted by atomic mass is 35.5. The van der Waals surface area contributed by atoms with E-state index in [4.69, 9.17) is 4.42 Å². The van der Waals surface area contributed by atoms with Crippen molar-refractivity contribution in [2.24, 2.45) is 5.41 Å². The Morgan fingerprint density at radius 3 is 2.62 bits per heavy atom. The molecule has 1 aromatic heterocycles. The first-order chi connectivity index (χ1) is 11.1. The van der Waals surface area contributed by atoms with Crippen molar-refractivity contribution >= 4 is 18.3 Å². The van der Waals surface area contributed by atoms with Gasteiger partial charge in [-0.1, -0.05) is 25.1 Å². The van der Waals surface area contributed by atoms with Crippen LogP contribution in [0.3, 0.4) is 0 Å². The van der Waals surface area contributed by atoms with E-state index in [-0.39, 0.29) is 23.7 Å². The van der Waals surface area contributed by atoms with Gasteiger partial charge >= 0.3 is 0 Å². The number of aromatic nitrogens is 1. The number of rotatable bonds is 4. The molecule has 0 spiro atoms. The smallest absolute Gasteiger partial charge is 0.289 e. The van der Waals surface area contributed by atoms with Crippen molar-refractivity contribution in [2.75, 3.05) is 19.6 Å². The van der Waals surface area contributed by atoms with Crippen molar-refractivity contribution in [1.29, 1.82) is 0 Å². The fourth-order valence-corrected chi connectivity index (χ4v) is 2.89. The first kappa shape index (κ1) is 18.5. The Bertz CT molecular complexity index is 679. The van der Waals surface area contributed by atoms with Gasteiger partial charge in [0.2, 0.25) is 11.7 Å². The zero-order valence-corrected chi connectivity index (χ0v) is 14.9. The molecule has 0 unspecified atom stereocenters. The molecule has 1 aliphatic heterocycles. The van der Waals surface area contributed by atoms with Crippen LogP contribution in [-0.4, -0.2) is 30.5 Å². The van der Waals surface area contributed by atoms with E-state index in [1.807, 2.05) is 30.3 Å². The van der Waals surface area contributed by atoms with Crippen LogP contribution in [0.5, 0.6) is 0 Å². The summed E-state index contributed by atoms with van der Waals surface area (Å²) >= 11 is 0. The summed E-state index contributed by atoms with van der Waals surface area (Å²) in [6.07, 6.45) is 2.13. The summed E-state index contributed by atoms with van der Waals surface area (Å²) in [5.41, 5.74) is 1.65. The second kappa shape index (κ2) is 7.81. The van der Waals surface area contributed by atoms with Gasteiger partial charge < -0.3 is 15.1 Å². The second-order valence-electron chi connectivity index (χ2n) is 6.54. The van der Waals surface area contributed by atoms with Gasteiger partial charge in [0.05, 0.1) is 5.69 Å². The van der Waals surface area contributed by atoms with Crippen LogP contribution in [0.25, 0.3) is 11.5 Å². The molecule has 2 aromatic rings. The molecular formula is C18H24ClN3O2. The van der Waals surface area contributed by atoms with Gasteiger partial charge in [-0.2, -0.15) is 0 Å². The Balaban J connectivity index is 0.00000208. The second-order valence-corrected chi connectivity index (χ2v) is 6.54. The lowest BCUT2D eigenvalue weighted by atomic mass is 9.81. The molecule has 1 aliphatic rings. The summed E-state index contributed by atoms with van der Waals surface area (Å²) in [7, 11) is 0. The predicted octanol–water partition coefficient (Wildman–Crippen LogP) is 3.19. The quantitative estimate of drug-likeness (QED) is 0.889. The number of halogens is 1. The summed E-state index contributed by atoms with van der Waals surface area (Å²) in [6.45, 7) is 6.69. The van der Waals surface area contributed by atoms with Crippen molar-refractivity contribution in [3.63, 3.8) is 0 Å². The molecule has 0 aliphatic carbocycles. The van der Waals surface area contributed by atoms with Crippen LogP contribution >= 0.6 is 12.4 Å². The normalized spacial score (nSPS) is 16.2. The van der Waals surface area contributed by atoms with Gasteiger partial charge in [-0.15, -0.1) is 12.4 Å². The van der Waals surface area contributed by atoms with Crippen LogP contribution in [0.1, 0.15) is 36.0 Å². The van der Waals surface area contributed by atoms with Gasteiger partial charge in [-0.05, 0) is 50.4 Å². The molecule has 0 saturated carbocycles. The minimum absolute atomic E-state index is 0. The Kier molecular flexibility index (Phi) is 6.02. The summed E-state index contributed by atoms with van der Waals surface area (Å²) in [5, 5.41) is 6.36. The van der Waals surface area contributed by atoms with Crippen LogP contribution in [-0.2, 0) is 0 Å². The zero-order chi connectivity index (χ0) is 16.3. The van der Waals surface area contributed by atoms with Crippen LogP contribution < -0.4 is 10.6 Å². The predicted molar refractivity (Wildman–Crippen MR) is 96.5 cm³/mol. The molecule has 3 rings (SSSR count). The molecule has 2 heterocycles. The van der Waals surface area contributed by atoms with Gasteiger partial charge in [0.25, 0.3) is 5.91 Å². The molecule has 1 saturated heterocycles. The Hall–Kier alpha value is -1.85. The molecule has 130 valence electrons. The van der Waals surface area contributed by atoms with Gasteiger partial charge in [0, 0.05) is 12.1 Å². The molecule has 0 atom stereocenters. The molecule has 24 heavy (non-hydrogen) atoms. The van der Waals surface area contributed by atoms with E-state index in [2.05, 4.69) is 22.5 Å². The average molecular weight is 350 g/mol. The van der Waals surface area contributed by atoms with Crippen molar-refractivity contribution in [2.45, 2.75) is 26.7 Å². The van der Waals surface area contributed by atoms with Gasteiger partial charge in [0.1, 0.15) is 0 Å². The highest BCUT2D eigenvalue weighted by Crippen LogP contribution is 2.27. The number of carbonyl (C=O) groups excluding carboxylic acids is 1. The number of carbonyl (C=O) groups is 1. The first-order valence-electron chi connectivity index (χ1n) is 8.09. The summed E-state index contributed by atoms with van der Waals surface area (Å²) in [5.74, 6) is 0.611. The van der Waals surface area contributed by atoms with E-state index in [1.165, 1.54) is 0 Å². The maximum Gasteiger partial charge on any atom is 0.289 e. The zero-order valence-electron chi connectivity index (χ0n) is 14.1. The lowest BCUT2D eigenvalue weighted by Gasteiger charge is -2.34. The highest BCUT2D eigenvalue weighted by Gasteiger charge is 2.28. The maximum atomic E-state index is 12.4. The third kappa shape index (κ3) is 4.16. The van der Waals surface area contributed by atoms with Crippen molar-refractivity contribution in [3.8, 4) is 11.5 Å². The van der Waals surface area contributed by atoms with Crippen LogP contribution in [0.4, 0.5) is 0 Å². The molecule has 6 heteroatoms. The van der Waals surface area contributed by atoms with Crippen LogP contribution in [0.15, 0.2) is 34.7 Å². The fourth-order valence-electron chi connectivity index (χ4n) is 2.89. The molecule has 0 radical (unpaired) electrons. The lowest BCUT2D eigenvalue weighted by Crippen LogP contribution is -2.42. The number of nitrogens with zero attached hydrogens (tertiary/aromatic N) is 1. The molecular weight excluding hydrogens is 326 g/mol. The minimum atomic E-state index is -0.183. The molecule has 1 aromatic carbocycles. The number of aryl methyl sites for hydroxylation is 1. The lowest BCUT2D eigenvalue weighted by molar-refractivity contribution is 0.0894. The first-order valence-corrected chi connectivity index (χ1v) is 8.09. The number of hydrogen-bond donors (Lipinski definition) is 2. The fraction of sp³-hybridized carbons (Fsp3) is 0.444. The molecule has 0 bridgehead atoms. The van der Waals surface area contributed by atoms with Crippen LogP contribution in [0.2, 0.25) is 0 Å². The topological polar surface area (TPSA) is 67.2 Å². The Morgan fingerprint density at radius 1 is 1.29 bits per heavy atom. The van der Waals surface area contributed by atoms with E-state index in [9.17, 15) is 4.79 Å². The standard InChI is InChI=1S/C18H23N3O2.ClH/c1-13-15(23-17(21-13)14-6-4-3-5-7-14)16(22)20-12-18(2)8-10-19-11-9-18;/h3-7,19H,8-12H2,1-2H3,(H,20,22);1H. The number of nitrogens with one attached hydrogen (secondary N) is 2. The number of benzene rings is 1. The van der Waals surface area contributed by atoms with Crippen LogP contribution in [0, 0.1) is 12.3 Å². The largest absolute Gasteiger partial charge is 0.431 e. The Labute approximate surface area is 148 Å². The monoisotopic (exact) mass is 349 g/mol. The highest BCUT2D eigenvalue weighted by molar-refractivity contribution is 5.92. The molecule has 1 fully saturated rings. The number of amides is 1. The molecule has 5 nitrogen and oxygen atoms in total. The summed E-state index contributed by atoms with van der Waals surface area (Å²) in [4.78, 5) is 16.8.